The molecule has 2 heterocycles. The summed E-state index contributed by atoms with van der Waals surface area (Å²) in [5.41, 5.74) is 4.34. The van der Waals surface area contributed by atoms with Crippen LogP contribution in [0, 0.1) is 13.8 Å². The Morgan fingerprint density at radius 3 is 2.65 bits per heavy atom. The minimum absolute atomic E-state index is 0.0352. The van der Waals surface area contributed by atoms with E-state index in [9.17, 15) is 4.79 Å². The highest BCUT2D eigenvalue weighted by Crippen LogP contribution is 2.18. The standard InChI is InChI=1S/C20H25N5O/c1-14-17(15(2)25(3)24-14)9-10-20(26)23-18(13-19-21-11-12-22-19)16-7-5-4-6-8-16/h4-8,11-12,18H,9-10,13H2,1-3H3,(H,21,22)(H,23,26)/t18-/m0/s1. The fourth-order valence-electron chi connectivity index (χ4n) is 3.22. The monoisotopic (exact) mass is 351 g/mol. The van der Waals surface area contributed by atoms with Crippen LogP contribution in [-0.2, 0) is 24.7 Å². The van der Waals surface area contributed by atoms with Crippen LogP contribution in [0.3, 0.4) is 0 Å². The Kier molecular flexibility index (Phi) is 5.51. The van der Waals surface area contributed by atoms with Gasteiger partial charge in [-0.05, 0) is 31.4 Å². The van der Waals surface area contributed by atoms with Crippen molar-refractivity contribution >= 4 is 5.91 Å². The maximum absolute atomic E-state index is 12.6. The second-order valence-corrected chi connectivity index (χ2v) is 6.54. The third-order valence-electron chi connectivity index (χ3n) is 4.75. The minimum Gasteiger partial charge on any atom is -0.349 e. The average molecular weight is 351 g/mol. The van der Waals surface area contributed by atoms with Gasteiger partial charge in [-0.2, -0.15) is 5.10 Å². The molecule has 1 amide bonds. The van der Waals surface area contributed by atoms with Crippen molar-refractivity contribution in [3.05, 3.63) is 71.1 Å². The average Bonchev–Trinajstić information content (AvgIpc) is 3.22. The van der Waals surface area contributed by atoms with Gasteiger partial charge in [0.05, 0.1) is 11.7 Å². The number of aromatic amines is 1. The van der Waals surface area contributed by atoms with Gasteiger partial charge in [0.2, 0.25) is 5.91 Å². The molecule has 0 aliphatic heterocycles. The van der Waals surface area contributed by atoms with Crippen molar-refractivity contribution in [2.45, 2.75) is 39.2 Å². The predicted molar refractivity (Wildman–Crippen MR) is 101 cm³/mol. The molecular formula is C20H25N5O. The molecule has 6 nitrogen and oxygen atoms in total. The number of rotatable bonds is 7. The zero-order chi connectivity index (χ0) is 18.5. The highest BCUT2D eigenvalue weighted by Gasteiger charge is 2.17. The smallest absolute Gasteiger partial charge is 0.220 e. The van der Waals surface area contributed by atoms with Gasteiger partial charge < -0.3 is 10.3 Å². The summed E-state index contributed by atoms with van der Waals surface area (Å²) in [6, 6.07) is 9.90. The third kappa shape index (κ3) is 4.20. The SMILES string of the molecule is Cc1nn(C)c(C)c1CCC(=O)N[C@@H](Cc1ncc[nH]1)c1ccccc1. The van der Waals surface area contributed by atoms with Crippen LogP contribution in [0.2, 0.25) is 0 Å². The molecule has 0 saturated heterocycles. The normalized spacial score (nSPS) is 12.1. The molecule has 2 N–H and O–H groups in total. The third-order valence-corrected chi connectivity index (χ3v) is 4.75. The molecule has 0 radical (unpaired) electrons. The van der Waals surface area contributed by atoms with Crippen LogP contribution in [0.4, 0.5) is 0 Å². The largest absolute Gasteiger partial charge is 0.349 e. The molecule has 26 heavy (non-hydrogen) atoms. The molecule has 3 rings (SSSR count). The molecule has 136 valence electrons. The number of carbonyl (C=O) groups is 1. The predicted octanol–water partition coefficient (Wildman–Crippen LogP) is 2.79. The van der Waals surface area contributed by atoms with E-state index in [-0.39, 0.29) is 11.9 Å². The molecule has 0 fully saturated rings. The van der Waals surface area contributed by atoms with Gasteiger partial charge in [0.15, 0.2) is 0 Å². The molecule has 0 saturated carbocycles. The molecule has 0 aliphatic rings. The molecule has 0 bridgehead atoms. The van der Waals surface area contributed by atoms with E-state index in [4.69, 9.17) is 0 Å². The Hall–Kier alpha value is -2.89. The van der Waals surface area contributed by atoms with Gasteiger partial charge in [-0.1, -0.05) is 30.3 Å². The molecule has 0 spiro atoms. The molecule has 3 aromatic rings. The lowest BCUT2D eigenvalue weighted by atomic mass is 10.0. The summed E-state index contributed by atoms with van der Waals surface area (Å²) in [5, 5.41) is 7.58. The van der Waals surface area contributed by atoms with E-state index in [0.29, 0.717) is 19.3 Å². The van der Waals surface area contributed by atoms with Crippen molar-refractivity contribution in [1.29, 1.82) is 0 Å². The number of carbonyl (C=O) groups excluding carboxylic acids is 1. The molecule has 6 heteroatoms. The van der Waals surface area contributed by atoms with E-state index >= 15 is 0 Å². The quantitative estimate of drug-likeness (QED) is 0.687. The fraction of sp³-hybridized carbons (Fsp3) is 0.350. The van der Waals surface area contributed by atoms with Crippen molar-refractivity contribution in [3.8, 4) is 0 Å². The molecule has 0 unspecified atom stereocenters. The topological polar surface area (TPSA) is 75.6 Å². The van der Waals surface area contributed by atoms with Gasteiger partial charge in [0.25, 0.3) is 0 Å². The number of imidazole rings is 1. The van der Waals surface area contributed by atoms with Crippen LogP contribution in [0.25, 0.3) is 0 Å². The van der Waals surface area contributed by atoms with Crippen LogP contribution in [0.5, 0.6) is 0 Å². The molecule has 2 aromatic heterocycles. The number of hydrogen-bond acceptors (Lipinski definition) is 3. The van der Waals surface area contributed by atoms with Crippen molar-refractivity contribution < 1.29 is 4.79 Å². The first kappa shape index (κ1) is 17.9. The molecule has 1 atom stereocenters. The van der Waals surface area contributed by atoms with Gasteiger partial charge in [-0.15, -0.1) is 0 Å². The first-order valence-electron chi connectivity index (χ1n) is 8.86. The van der Waals surface area contributed by atoms with E-state index in [2.05, 4.69) is 20.4 Å². The number of nitrogens with one attached hydrogen (secondary N) is 2. The van der Waals surface area contributed by atoms with E-state index in [1.807, 2.05) is 55.9 Å². The van der Waals surface area contributed by atoms with E-state index in [1.54, 1.807) is 12.4 Å². The van der Waals surface area contributed by atoms with Gasteiger partial charge in [-0.25, -0.2) is 4.98 Å². The van der Waals surface area contributed by atoms with Crippen LogP contribution in [0.15, 0.2) is 42.7 Å². The van der Waals surface area contributed by atoms with E-state index < -0.39 is 0 Å². The number of hydrogen-bond donors (Lipinski definition) is 2. The Balaban J connectivity index is 1.67. The van der Waals surface area contributed by atoms with Gasteiger partial charge >= 0.3 is 0 Å². The first-order valence-corrected chi connectivity index (χ1v) is 8.86. The fourth-order valence-corrected chi connectivity index (χ4v) is 3.22. The van der Waals surface area contributed by atoms with Crippen molar-refractivity contribution in [1.82, 2.24) is 25.1 Å². The van der Waals surface area contributed by atoms with Gasteiger partial charge in [0, 0.05) is 38.0 Å². The highest BCUT2D eigenvalue weighted by atomic mass is 16.1. The van der Waals surface area contributed by atoms with Gasteiger partial charge in [0.1, 0.15) is 5.82 Å². The van der Waals surface area contributed by atoms with Crippen molar-refractivity contribution in [2.75, 3.05) is 0 Å². The Labute approximate surface area is 153 Å². The number of aromatic nitrogens is 4. The number of benzene rings is 1. The second-order valence-electron chi connectivity index (χ2n) is 6.54. The summed E-state index contributed by atoms with van der Waals surface area (Å²) in [6.45, 7) is 4.03. The summed E-state index contributed by atoms with van der Waals surface area (Å²) in [4.78, 5) is 20.0. The van der Waals surface area contributed by atoms with Crippen LogP contribution < -0.4 is 5.32 Å². The molecule has 0 aliphatic carbocycles. The number of H-pyrrole nitrogens is 1. The van der Waals surface area contributed by atoms with E-state index in [1.165, 1.54) is 0 Å². The van der Waals surface area contributed by atoms with Crippen LogP contribution in [-0.4, -0.2) is 25.7 Å². The zero-order valence-corrected chi connectivity index (χ0v) is 15.5. The molecule has 1 aromatic carbocycles. The maximum atomic E-state index is 12.6. The first-order chi connectivity index (χ1) is 12.5. The lowest BCUT2D eigenvalue weighted by Gasteiger charge is -2.18. The number of nitrogens with zero attached hydrogens (tertiary/aromatic N) is 3. The van der Waals surface area contributed by atoms with Gasteiger partial charge in [-0.3, -0.25) is 9.48 Å². The second kappa shape index (κ2) is 7.99. The summed E-state index contributed by atoms with van der Waals surface area (Å²) < 4.78 is 1.87. The van der Waals surface area contributed by atoms with Crippen LogP contribution >= 0.6 is 0 Å². The minimum atomic E-state index is -0.106. The highest BCUT2D eigenvalue weighted by molar-refractivity contribution is 5.76. The Bertz CT molecular complexity index is 852. The van der Waals surface area contributed by atoms with Crippen molar-refractivity contribution in [3.63, 3.8) is 0 Å². The lowest BCUT2D eigenvalue weighted by molar-refractivity contribution is -0.121. The van der Waals surface area contributed by atoms with Crippen molar-refractivity contribution in [2.24, 2.45) is 7.05 Å². The summed E-state index contributed by atoms with van der Waals surface area (Å²) in [7, 11) is 1.93. The Morgan fingerprint density at radius 1 is 1.27 bits per heavy atom. The number of amides is 1. The van der Waals surface area contributed by atoms with Crippen LogP contribution in [0.1, 0.15) is 40.8 Å². The number of aryl methyl sites for hydroxylation is 2. The summed E-state index contributed by atoms with van der Waals surface area (Å²) in [6.07, 6.45) is 5.29. The maximum Gasteiger partial charge on any atom is 0.220 e. The summed E-state index contributed by atoms with van der Waals surface area (Å²) >= 11 is 0. The summed E-state index contributed by atoms with van der Waals surface area (Å²) in [5.74, 6) is 0.895. The lowest BCUT2D eigenvalue weighted by Crippen LogP contribution is -2.30. The molecular weight excluding hydrogens is 326 g/mol. The zero-order valence-electron chi connectivity index (χ0n) is 15.5. The van der Waals surface area contributed by atoms with E-state index in [0.717, 1.165) is 28.3 Å². The Morgan fingerprint density at radius 2 is 2.04 bits per heavy atom.